The fraction of sp³-hybridized carbons (Fsp3) is 0.800. The molecule has 0 saturated carbocycles. The summed E-state index contributed by atoms with van der Waals surface area (Å²) in [6.07, 6.45) is 2.67. The summed E-state index contributed by atoms with van der Waals surface area (Å²) < 4.78 is 9.59. The van der Waals surface area contributed by atoms with Gasteiger partial charge in [0.15, 0.2) is 0 Å². The SMILES string of the molecule is CCCCOC(=O)OOC(=S)OCCCC. The molecular formula is C10H18O5S. The highest BCUT2D eigenvalue weighted by molar-refractivity contribution is 7.79. The molecule has 0 heterocycles. The van der Waals surface area contributed by atoms with Crippen molar-refractivity contribution < 1.29 is 24.0 Å². The molecule has 16 heavy (non-hydrogen) atoms. The predicted molar refractivity (Wildman–Crippen MR) is 61.9 cm³/mol. The van der Waals surface area contributed by atoms with E-state index in [1.165, 1.54) is 0 Å². The third-order valence-electron chi connectivity index (χ3n) is 1.61. The lowest BCUT2D eigenvalue weighted by molar-refractivity contribution is -0.195. The third-order valence-corrected chi connectivity index (χ3v) is 1.80. The normalized spacial score (nSPS) is 9.38. The molecule has 0 N–H and O–H groups in total. The number of carbonyl (C=O) groups is 1. The second kappa shape index (κ2) is 10.5. The molecular weight excluding hydrogens is 232 g/mol. The van der Waals surface area contributed by atoms with Gasteiger partial charge in [0, 0.05) is 12.2 Å². The summed E-state index contributed by atoms with van der Waals surface area (Å²) in [6, 6.07) is 0. The number of ether oxygens (including phenoxy) is 2. The quantitative estimate of drug-likeness (QED) is 0.237. The van der Waals surface area contributed by atoms with Gasteiger partial charge in [-0.05, 0) is 12.8 Å². The average molecular weight is 250 g/mol. The predicted octanol–water partition coefficient (Wildman–Crippen LogP) is 2.97. The van der Waals surface area contributed by atoms with E-state index in [2.05, 4.69) is 26.7 Å². The molecule has 0 aliphatic rings. The van der Waals surface area contributed by atoms with Crippen LogP contribution in [0.3, 0.4) is 0 Å². The van der Waals surface area contributed by atoms with Gasteiger partial charge in [-0.1, -0.05) is 26.7 Å². The Balaban J connectivity index is 3.40. The first kappa shape index (κ1) is 15.0. The van der Waals surface area contributed by atoms with Crippen LogP contribution in [0.1, 0.15) is 39.5 Å². The van der Waals surface area contributed by atoms with Gasteiger partial charge in [-0.3, -0.25) is 0 Å². The largest absolute Gasteiger partial charge is 0.549 e. The lowest BCUT2D eigenvalue weighted by atomic mass is 10.4. The summed E-state index contributed by atoms with van der Waals surface area (Å²) in [5.74, 6) is 0. The highest BCUT2D eigenvalue weighted by Gasteiger charge is 2.08. The Hall–Kier alpha value is -1.04. The van der Waals surface area contributed by atoms with Crippen molar-refractivity contribution in [1.29, 1.82) is 0 Å². The number of hydrogen-bond donors (Lipinski definition) is 0. The second-order valence-corrected chi connectivity index (χ2v) is 3.40. The maximum absolute atomic E-state index is 10.9. The lowest BCUT2D eigenvalue weighted by Gasteiger charge is -2.06. The number of rotatable bonds is 6. The summed E-state index contributed by atoms with van der Waals surface area (Å²) in [7, 11) is 0. The number of hydrogen-bond acceptors (Lipinski definition) is 6. The van der Waals surface area contributed by atoms with Gasteiger partial charge in [0.1, 0.15) is 0 Å². The molecule has 0 bridgehead atoms. The number of thiocarbonyl (C=S) groups is 1. The van der Waals surface area contributed by atoms with E-state index >= 15 is 0 Å². The number of carbonyl (C=O) groups excluding carboxylic acids is 1. The Morgan fingerprint density at radius 2 is 1.56 bits per heavy atom. The molecule has 0 aliphatic heterocycles. The first-order valence-electron chi connectivity index (χ1n) is 5.38. The molecule has 5 nitrogen and oxygen atoms in total. The molecule has 0 saturated heterocycles. The minimum Gasteiger partial charge on any atom is -0.454 e. The Morgan fingerprint density at radius 1 is 1.00 bits per heavy atom. The highest BCUT2D eigenvalue weighted by Crippen LogP contribution is 1.96. The zero-order valence-corrected chi connectivity index (χ0v) is 10.5. The fourth-order valence-corrected chi connectivity index (χ4v) is 0.833. The van der Waals surface area contributed by atoms with Gasteiger partial charge in [-0.15, -0.1) is 0 Å². The summed E-state index contributed by atoms with van der Waals surface area (Å²) in [4.78, 5) is 19.5. The van der Waals surface area contributed by atoms with Gasteiger partial charge < -0.3 is 9.47 Å². The van der Waals surface area contributed by atoms with Gasteiger partial charge in [0.05, 0.1) is 13.2 Å². The van der Waals surface area contributed by atoms with E-state index in [0.29, 0.717) is 13.2 Å². The van der Waals surface area contributed by atoms with Crippen molar-refractivity contribution in [3.05, 3.63) is 0 Å². The molecule has 6 heteroatoms. The van der Waals surface area contributed by atoms with Crippen LogP contribution in [0, 0.1) is 0 Å². The third kappa shape index (κ3) is 9.51. The second-order valence-electron chi connectivity index (χ2n) is 3.07. The Bertz CT molecular complexity index is 185. The maximum atomic E-state index is 10.9. The van der Waals surface area contributed by atoms with Crippen LogP contribution in [-0.2, 0) is 19.2 Å². The topological polar surface area (TPSA) is 54.0 Å². The van der Waals surface area contributed by atoms with Crippen LogP contribution in [0.15, 0.2) is 0 Å². The highest BCUT2D eigenvalue weighted by atomic mass is 32.1. The molecule has 0 fully saturated rings. The van der Waals surface area contributed by atoms with Crippen LogP contribution < -0.4 is 0 Å². The van der Waals surface area contributed by atoms with Crippen molar-refractivity contribution in [2.75, 3.05) is 13.2 Å². The van der Waals surface area contributed by atoms with Crippen molar-refractivity contribution >= 4 is 23.6 Å². The van der Waals surface area contributed by atoms with Gasteiger partial charge in [-0.2, -0.15) is 4.79 Å². The Morgan fingerprint density at radius 3 is 2.12 bits per heavy atom. The molecule has 0 aromatic rings. The molecule has 0 aliphatic carbocycles. The number of unbranched alkanes of at least 4 members (excludes halogenated alkanes) is 2. The minimum atomic E-state index is -0.908. The van der Waals surface area contributed by atoms with E-state index in [4.69, 9.17) is 4.74 Å². The van der Waals surface area contributed by atoms with Crippen LogP contribution in [0.25, 0.3) is 0 Å². The van der Waals surface area contributed by atoms with E-state index in [-0.39, 0.29) is 5.24 Å². The summed E-state index contributed by atoms with van der Waals surface area (Å²) in [6.45, 7) is 4.77. The van der Waals surface area contributed by atoms with Crippen molar-refractivity contribution in [2.45, 2.75) is 39.5 Å². The minimum absolute atomic E-state index is 0.208. The van der Waals surface area contributed by atoms with E-state index < -0.39 is 6.16 Å². The molecule has 0 rings (SSSR count). The van der Waals surface area contributed by atoms with E-state index in [0.717, 1.165) is 25.7 Å². The van der Waals surface area contributed by atoms with Gasteiger partial charge in [0.2, 0.25) is 0 Å². The zero-order chi connectivity index (χ0) is 12.2. The molecule has 0 amide bonds. The molecule has 0 spiro atoms. The zero-order valence-electron chi connectivity index (χ0n) is 9.69. The molecule has 0 aromatic carbocycles. The van der Waals surface area contributed by atoms with Gasteiger partial charge in [-0.25, -0.2) is 9.78 Å². The van der Waals surface area contributed by atoms with Crippen molar-refractivity contribution in [1.82, 2.24) is 0 Å². The van der Waals surface area contributed by atoms with E-state index in [9.17, 15) is 4.79 Å². The van der Waals surface area contributed by atoms with Crippen LogP contribution in [0.2, 0.25) is 0 Å². The molecule has 94 valence electrons. The van der Waals surface area contributed by atoms with Gasteiger partial charge in [0.25, 0.3) is 0 Å². The molecule has 0 atom stereocenters. The smallest absolute Gasteiger partial charge is 0.454 e. The monoisotopic (exact) mass is 250 g/mol. The summed E-state index contributed by atoms with van der Waals surface area (Å²) in [5, 5.41) is -0.208. The van der Waals surface area contributed by atoms with Crippen molar-refractivity contribution in [3.8, 4) is 0 Å². The lowest BCUT2D eigenvalue weighted by Crippen LogP contribution is -2.14. The standard InChI is InChI=1S/C10H18O5S/c1-3-5-7-12-9(11)14-15-10(16)13-8-6-4-2/h3-8H2,1-2H3. The van der Waals surface area contributed by atoms with Crippen molar-refractivity contribution in [2.24, 2.45) is 0 Å². The van der Waals surface area contributed by atoms with Crippen LogP contribution in [-0.4, -0.2) is 24.6 Å². The van der Waals surface area contributed by atoms with E-state index in [1.807, 2.05) is 13.8 Å². The van der Waals surface area contributed by atoms with Crippen molar-refractivity contribution in [3.63, 3.8) is 0 Å². The molecule has 0 radical (unpaired) electrons. The van der Waals surface area contributed by atoms with Crippen LogP contribution in [0.4, 0.5) is 4.79 Å². The fourth-order valence-electron chi connectivity index (χ4n) is 0.716. The van der Waals surface area contributed by atoms with E-state index in [1.54, 1.807) is 0 Å². The molecule has 0 aromatic heterocycles. The molecule has 0 unspecified atom stereocenters. The van der Waals surface area contributed by atoms with Crippen LogP contribution >= 0.6 is 12.2 Å². The van der Waals surface area contributed by atoms with Gasteiger partial charge >= 0.3 is 11.4 Å². The summed E-state index contributed by atoms with van der Waals surface area (Å²) in [5.41, 5.74) is 0. The Kier molecular flexibility index (Phi) is 9.80. The maximum Gasteiger partial charge on any atom is 0.549 e. The first-order valence-corrected chi connectivity index (χ1v) is 5.79. The average Bonchev–Trinajstić information content (AvgIpc) is 2.27. The summed E-state index contributed by atoms with van der Waals surface area (Å²) >= 11 is 4.64. The Labute approximate surface area is 101 Å². The van der Waals surface area contributed by atoms with Crippen LogP contribution in [0.5, 0.6) is 0 Å². The first-order chi connectivity index (χ1) is 7.70.